The summed E-state index contributed by atoms with van der Waals surface area (Å²) in [7, 11) is 0. The van der Waals surface area contributed by atoms with Crippen LogP contribution in [0.2, 0.25) is 0 Å². The number of aryl methyl sites for hydroxylation is 1. The molecule has 1 aromatic carbocycles. The van der Waals surface area contributed by atoms with E-state index in [1.807, 2.05) is 0 Å². The number of carbonyl (C=O) groups is 1. The smallest absolute Gasteiger partial charge is 0.355 e. The number of nitrogens with one attached hydrogen (secondary N) is 1. The van der Waals surface area contributed by atoms with Crippen molar-refractivity contribution in [1.29, 1.82) is 0 Å². The average Bonchev–Trinajstić information content (AvgIpc) is 2.66. The minimum absolute atomic E-state index is 0.0827. The van der Waals surface area contributed by atoms with Crippen molar-refractivity contribution in [2.24, 2.45) is 0 Å². The highest BCUT2D eigenvalue weighted by Gasteiger charge is 2.15. The minimum atomic E-state index is -1.16. The van der Waals surface area contributed by atoms with Gasteiger partial charge < -0.3 is 10.4 Å². The molecule has 0 aliphatic carbocycles. The van der Waals surface area contributed by atoms with Crippen LogP contribution in [0.5, 0.6) is 0 Å². The number of anilines is 2. The number of carboxylic acids is 1. The molecular weight excluding hydrogens is 262 g/mol. The maximum atomic E-state index is 13.4. The molecule has 0 saturated carbocycles. The second-order valence-electron chi connectivity index (χ2n) is 3.46. The SMILES string of the molecule is Cc1sc(Nc2cccc(F)c2F)nc1C(=O)O. The third kappa shape index (κ3) is 2.30. The van der Waals surface area contributed by atoms with E-state index in [1.165, 1.54) is 12.1 Å². The molecule has 1 aromatic heterocycles. The fraction of sp³-hybridized carbons (Fsp3) is 0.0909. The number of thiazole rings is 1. The monoisotopic (exact) mass is 270 g/mol. The van der Waals surface area contributed by atoms with Gasteiger partial charge in [-0.3, -0.25) is 0 Å². The van der Waals surface area contributed by atoms with E-state index in [1.54, 1.807) is 6.92 Å². The zero-order valence-corrected chi connectivity index (χ0v) is 10.0. The minimum Gasteiger partial charge on any atom is -0.476 e. The Labute approximate surface area is 105 Å². The average molecular weight is 270 g/mol. The molecule has 2 N–H and O–H groups in total. The molecular formula is C11H8F2N2O2S. The van der Waals surface area contributed by atoms with E-state index in [0.717, 1.165) is 17.4 Å². The summed E-state index contributed by atoms with van der Waals surface area (Å²) in [5.41, 5.74) is -0.181. The van der Waals surface area contributed by atoms with Crippen LogP contribution in [0.15, 0.2) is 18.2 Å². The van der Waals surface area contributed by atoms with Gasteiger partial charge in [-0.2, -0.15) is 0 Å². The van der Waals surface area contributed by atoms with E-state index in [4.69, 9.17) is 5.11 Å². The first-order chi connectivity index (χ1) is 8.49. The molecule has 18 heavy (non-hydrogen) atoms. The molecule has 0 atom stereocenters. The summed E-state index contributed by atoms with van der Waals surface area (Å²) in [6, 6.07) is 3.69. The molecule has 0 aliphatic heterocycles. The Balaban J connectivity index is 2.32. The number of aromatic nitrogens is 1. The quantitative estimate of drug-likeness (QED) is 0.899. The summed E-state index contributed by atoms with van der Waals surface area (Å²) in [5.74, 6) is -3.16. The molecule has 0 amide bonds. The zero-order valence-electron chi connectivity index (χ0n) is 9.20. The molecule has 0 radical (unpaired) electrons. The van der Waals surface area contributed by atoms with Crippen LogP contribution in [-0.4, -0.2) is 16.1 Å². The zero-order chi connectivity index (χ0) is 13.3. The predicted molar refractivity (Wildman–Crippen MR) is 63.5 cm³/mol. The Bertz CT molecular complexity index is 613. The van der Waals surface area contributed by atoms with Gasteiger partial charge >= 0.3 is 5.97 Å². The van der Waals surface area contributed by atoms with E-state index in [-0.39, 0.29) is 16.5 Å². The second kappa shape index (κ2) is 4.69. The van der Waals surface area contributed by atoms with Crippen LogP contribution in [0.3, 0.4) is 0 Å². The van der Waals surface area contributed by atoms with Gasteiger partial charge in [0, 0.05) is 4.88 Å². The largest absolute Gasteiger partial charge is 0.476 e. The van der Waals surface area contributed by atoms with Crippen molar-refractivity contribution in [3.05, 3.63) is 40.4 Å². The number of benzene rings is 1. The van der Waals surface area contributed by atoms with Crippen molar-refractivity contribution in [3.63, 3.8) is 0 Å². The fourth-order valence-electron chi connectivity index (χ4n) is 1.36. The number of rotatable bonds is 3. The first kappa shape index (κ1) is 12.4. The third-order valence-corrected chi connectivity index (χ3v) is 3.08. The van der Waals surface area contributed by atoms with Crippen LogP contribution in [0.4, 0.5) is 19.6 Å². The maximum absolute atomic E-state index is 13.4. The molecule has 94 valence electrons. The second-order valence-corrected chi connectivity index (χ2v) is 4.66. The highest BCUT2D eigenvalue weighted by Crippen LogP contribution is 2.27. The van der Waals surface area contributed by atoms with Crippen LogP contribution in [0.1, 0.15) is 15.4 Å². The molecule has 7 heteroatoms. The number of carboxylic acid groups (broad SMARTS) is 1. The van der Waals surface area contributed by atoms with Crippen molar-refractivity contribution in [3.8, 4) is 0 Å². The van der Waals surface area contributed by atoms with Crippen molar-refractivity contribution in [2.75, 3.05) is 5.32 Å². The van der Waals surface area contributed by atoms with E-state index >= 15 is 0 Å². The molecule has 0 spiro atoms. The van der Waals surface area contributed by atoms with Crippen LogP contribution >= 0.6 is 11.3 Å². The van der Waals surface area contributed by atoms with Crippen LogP contribution in [0.25, 0.3) is 0 Å². The highest BCUT2D eigenvalue weighted by molar-refractivity contribution is 7.15. The highest BCUT2D eigenvalue weighted by atomic mass is 32.1. The standard InChI is InChI=1S/C11H8F2N2O2S/c1-5-9(10(16)17)15-11(18-5)14-7-4-2-3-6(12)8(7)13/h2-4H,1H3,(H,14,15)(H,16,17). The normalized spacial score (nSPS) is 10.4. The van der Waals surface area contributed by atoms with Gasteiger partial charge in [-0.15, -0.1) is 11.3 Å². The lowest BCUT2D eigenvalue weighted by Gasteiger charge is -2.03. The third-order valence-electron chi connectivity index (χ3n) is 2.19. The molecule has 0 aliphatic rings. The molecule has 0 bridgehead atoms. The van der Waals surface area contributed by atoms with E-state index in [2.05, 4.69) is 10.3 Å². The summed E-state index contributed by atoms with van der Waals surface area (Å²) in [6.07, 6.45) is 0. The molecule has 0 fully saturated rings. The Morgan fingerprint density at radius 1 is 1.44 bits per heavy atom. The Hall–Kier alpha value is -2.02. The molecule has 0 saturated heterocycles. The summed E-state index contributed by atoms with van der Waals surface area (Å²) in [6.45, 7) is 1.59. The van der Waals surface area contributed by atoms with Gasteiger partial charge in [0.2, 0.25) is 0 Å². The lowest BCUT2D eigenvalue weighted by molar-refractivity contribution is 0.0690. The van der Waals surface area contributed by atoms with E-state index < -0.39 is 17.6 Å². The number of aromatic carboxylic acids is 1. The summed E-state index contributed by atoms with van der Waals surface area (Å²) >= 11 is 1.06. The van der Waals surface area contributed by atoms with Gasteiger partial charge in [-0.05, 0) is 19.1 Å². The van der Waals surface area contributed by atoms with E-state index in [0.29, 0.717) is 4.88 Å². The van der Waals surface area contributed by atoms with Gasteiger partial charge in [-0.1, -0.05) is 6.07 Å². The van der Waals surface area contributed by atoms with Gasteiger partial charge in [0.15, 0.2) is 22.5 Å². The van der Waals surface area contributed by atoms with Crippen LogP contribution in [-0.2, 0) is 0 Å². The molecule has 1 heterocycles. The van der Waals surface area contributed by atoms with Crippen LogP contribution in [0, 0.1) is 18.6 Å². The first-order valence-electron chi connectivity index (χ1n) is 4.91. The van der Waals surface area contributed by atoms with E-state index in [9.17, 15) is 13.6 Å². The molecule has 2 aromatic rings. The number of hydrogen-bond acceptors (Lipinski definition) is 4. The summed E-state index contributed by atoms with van der Waals surface area (Å²) in [4.78, 5) is 15.1. The van der Waals surface area contributed by atoms with Gasteiger partial charge in [0.25, 0.3) is 0 Å². The lowest BCUT2D eigenvalue weighted by atomic mass is 10.3. The topological polar surface area (TPSA) is 62.2 Å². The van der Waals surface area contributed by atoms with Crippen molar-refractivity contribution in [2.45, 2.75) is 6.92 Å². The van der Waals surface area contributed by atoms with Crippen molar-refractivity contribution in [1.82, 2.24) is 4.98 Å². The molecule has 4 nitrogen and oxygen atoms in total. The van der Waals surface area contributed by atoms with Gasteiger partial charge in [0.05, 0.1) is 5.69 Å². The summed E-state index contributed by atoms with van der Waals surface area (Å²) < 4.78 is 26.3. The Kier molecular flexibility index (Phi) is 3.24. The van der Waals surface area contributed by atoms with Gasteiger partial charge in [0.1, 0.15) is 0 Å². The van der Waals surface area contributed by atoms with Crippen LogP contribution < -0.4 is 5.32 Å². The Morgan fingerprint density at radius 3 is 2.78 bits per heavy atom. The summed E-state index contributed by atoms with van der Waals surface area (Å²) in [5, 5.41) is 11.6. The number of halogens is 2. The molecule has 0 unspecified atom stereocenters. The van der Waals surface area contributed by atoms with Crippen molar-refractivity contribution < 1.29 is 18.7 Å². The van der Waals surface area contributed by atoms with Crippen molar-refractivity contribution >= 4 is 28.1 Å². The lowest BCUT2D eigenvalue weighted by Crippen LogP contribution is -2.00. The maximum Gasteiger partial charge on any atom is 0.355 e. The number of hydrogen-bond donors (Lipinski definition) is 2. The fourth-order valence-corrected chi connectivity index (χ4v) is 2.18. The van der Waals surface area contributed by atoms with Gasteiger partial charge in [-0.25, -0.2) is 18.6 Å². The number of nitrogens with zero attached hydrogens (tertiary/aromatic N) is 1. The molecule has 2 rings (SSSR count). The first-order valence-corrected chi connectivity index (χ1v) is 5.72. The Morgan fingerprint density at radius 2 is 2.17 bits per heavy atom. The predicted octanol–water partition coefficient (Wildman–Crippen LogP) is 3.17.